The number of amides is 1. The number of nitrogens with one attached hydrogen (secondary N) is 2. The molecule has 1 aromatic carbocycles. The van der Waals surface area contributed by atoms with Crippen molar-refractivity contribution in [2.75, 3.05) is 13.1 Å². The number of carbonyl (C=O) groups is 1. The lowest BCUT2D eigenvalue weighted by atomic mass is 10.0. The number of hydrogen-bond donors (Lipinski definition) is 2. The van der Waals surface area contributed by atoms with Crippen molar-refractivity contribution < 1.29 is 9.53 Å². The van der Waals surface area contributed by atoms with Crippen LogP contribution < -0.4 is 15.4 Å². The molecule has 0 radical (unpaired) electrons. The summed E-state index contributed by atoms with van der Waals surface area (Å²) in [6, 6.07) is 6.40. The third-order valence-electron chi connectivity index (χ3n) is 3.87. The second-order valence-corrected chi connectivity index (χ2v) is 6.15. The van der Waals surface area contributed by atoms with Crippen molar-refractivity contribution in [1.29, 1.82) is 0 Å². The maximum Gasteiger partial charge on any atom is 0.261 e. The van der Waals surface area contributed by atoms with Gasteiger partial charge in [0.15, 0.2) is 6.10 Å². The van der Waals surface area contributed by atoms with E-state index in [-0.39, 0.29) is 11.9 Å². The minimum absolute atomic E-state index is 0.0417. The Balaban J connectivity index is 2.02. The first kappa shape index (κ1) is 15.8. The van der Waals surface area contributed by atoms with Crippen LogP contribution in [0.15, 0.2) is 18.2 Å². The van der Waals surface area contributed by atoms with Gasteiger partial charge in [-0.2, -0.15) is 0 Å². The Labute approximate surface area is 127 Å². The smallest absolute Gasteiger partial charge is 0.261 e. The molecule has 1 aromatic rings. The molecular formula is C17H26N2O2. The molecule has 2 N–H and O–H groups in total. The molecular weight excluding hydrogens is 264 g/mol. The molecule has 1 saturated heterocycles. The van der Waals surface area contributed by atoms with Crippen LogP contribution in [0.25, 0.3) is 0 Å². The van der Waals surface area contributed by atoms with Gasteiger partial charge >= 0.3 is 0 Å². The van der Waals surface area contributed by atoms with Crippen molar-refractivity contribution >= 4 is 5.91 Å². The Morgan fingerprint density at radius 2 is 2.14 bits per heavy atom. The van der Waals surface area contributed by atoms with E-state index in [4.69, 9.17) is 4.74 Å². The van der Waals surface area contributed by atoms with E-state index in [1.54, 1.807) is 0 Å². The van der Waals surface area contributed by atoms with Crippen molar-refractivity contribution in [2.24, 2.45) is 0 Å². The molecule has 4 nitrogen and oxygen atoms in total. The number of ether oxygens (including phenoxy) is 1. The van der Waals surface area contributed by atoms with Crippen LogP contribution in [0.4, 0.5) is 0 Å². The van der Waals surface area contributed by atoms with Gasteiger partial charge in [0.2, 0.25) is 0 Å². The minimum atomic E-state index is -0.482. The van der Waals surface area contributed by atoms with Gasteiger partial charge < -0.3 is 15.4 Å². The zero-order chi connectivity index (χ0) is 15.4. The van der Waals surface area contributed by atoms with Crippen LogP contribution in [0, 0.1) is 6.92 Å². The molecule has 0 aliphatic carbocycles. The second kappa shape index (κ2) is 6.94. The highest BCUT2D eigenvalue weighted by Gasteiger charge is 2.22. The lowest BCUT2D eigenvalue weighted by Crippen LogP contribution is -2.43. The highest BCUT2D eigenvalue weighted by Crippen LogP contribution is 2.28. The third-order valence-corrected chi connectivity index (χ3v) is 3.87. The van der Waals surface area contributed by atoms with Crippen LogP contribution in [-0.4, -0.2) is 31.1 Å². The number of rotatable bonds is 5. The summed E-state index contributed by atoms with van der Waals surface area (Å²) in [5.74, 6) is 1.15. The summed E-state index contributed by atoms with van der Waals surface area (Å²) in [7, 11) is 0. The largest absolute Gasteiger partial charge is 0.481 e. The summed E-state index contributed by atoms with van der Waals surface area (Å²) in [6.45, 7) is 9.92. The van der Waals surface area contributed by atoms with E-state index < -0.39 is 6.10 Å². The van der Waals surface area contributed by atoms with Gasteiger partial charge in [0.1, 0.15) is 5.75 Å². The predicted octanol–water partition coefficient (Wildman–Crippen LogP) is 2.36. The number of aryl methyl sites for hydroxylation is 1. The number of carbonyl (C=O) groups excluding carboxylic acids is 1. The van der Waals surface area contributed by atoms with Crippen LogP contribution in [0.2, 0.25) is 0 Å². The molecule has 1 aliphatic rings. The van der Waals surface area contributed by atoms with E-state index in [1.807, 2.05) is 19.9 Å². The maximum atomic E-state index is 12.2. The summed E-state index contributed by atoms with van der Waals surface area (Å²) >= 11 is 0. The van der Waals surface area contributed by atoms with Crippen molar-refractivity contribution in [1.82, 2.24) is 10.6 Å². The average Bonchev–Trinajstić information content (AvgIpc) is 2.91. The van der Waals surface area contributed by atoms with Gasteiger partial charge in [0, 0.05) is 12.6 Å². The molecule has 0 spiro atoms. The van der Waals surface area contributed by atoms with Crippen LogP contribution in [-0.2, 0) is 4.79 Å². The average molecular weight is 290 g/mol. The van der Waals surface area contributed by atoms with Crippen molar-refractivity contribution in [3.8, 4) is 5.75 Å². The van der Waals surface area contributed by atoms with Crippen LogP contribution in [0.5, 0.6) is 5.75 Å². The molecule has 21 heavy (non-hydrogen) atoms. The molecule has 116 valence electrons. The highest BCUT2D eigenvalue weighted by atomic mass is 16.5. The van der Waals surface area contributed by atoms with Gasteiger partial charge in [-0.1, -0.05) is 26.0 Å². The first-order valence-corrected chi connectivity index (χ1v) is 7.75. The van der Waals surface area contributed by atoms with E-state index in [2.05, 4.69) is 36.6 Å². The number of benzene rings is 1. The Hall–Kier alpha value is -1.55. The van der Waals surface area contributed by atoms with Crippen molar-refractivity contribution in [2.45, 2.75) is 52.2 Å². The highest BCUT2D eigenvalue weighted by molar-refractivity contribution is 5.81. The SMILES string of the molecule is Cc1ccc(C(C)C)c(OC(C)C(=O)NC2CCNC2)c1. The lowest BCUT2D eigenvalue weighted by Gasteiger charge is -2.21. The van der Waals surface area contributed by atoms with Crippen LogP contribution in [0.3, 0.4) is 0 Å². The topological polar surface area (TPSA) is 50.4 Å². The molecule has 2 rings (SSSR count). The Morgan fingerprint density at radius 1 is 1.38 bits per heavy atom. The molecule has 0 bridgehead atoms. The summed E-state index contributed by atoms with van der Waals surface area (Å²) in [5, 5.41) is 6.28. The fourth-order valence-corrected chi connectivity index (χ4v) is 2.56. The standard InChI is InChI=1S/C17H26N2O2/c1-11(2)15-6-5-12(3)9-16(15)21-13(4)17(20)19-14-7-8-18-10-14/h5-6,9,11,13-14,18H,7-8,10H2,1-4H3,(H,19,20). The minimum Gasteiger partial charge on any atom is -0.481 e. The lowest BCUT2D eigenvalue weighted by molar-refractivity contribution is -0.127. The molecule has 2 atom stereocenters. The van der Waals surface area contributed by atoms with Gasteiger partial charge in [0.05, 0.1) is 0 Å². The van der Waals surface area contributed by atoms with Crippen molar-refractivity contribution in [3.05, 3.63) is 29.3 Å². The predicted molar refractivity (Wildman–Crippen MR) is 84.8 cm³/mol. The van der Waals surface area contributed by atoms with E-state index in [1.165, 1.54) is 0 Å². The number of hydrogen-bond acceptors (Lipinski definition) is 3. The molecule has 1 fully saturated rings. The zero-order valence-corrected chi connectivity index (χ0v) is 13.4. The van der Waals surface area contributed by atoms with Gasteiger partial charge in [-0.3, -0.25) is 4.79 Å². The normalized spacial score (nSPS) is 19.6. The molecule has 2 unspecified atom stereocenters. The van der Waals surface area contributed by atoms with Gasteiger partial charge in [0.25, 0.3) is 5.91 Å². The molecule has 1 amide bonds. The molecule has 4 heteroatoms. The summed E-state index contributed by atoms with van der Waals surface area (Å²) in [5.41, 5.74) is 2.28. The summed E-state index contributed by atoms with van der Waals surface area (Å²) in [4.78, 5) is 12.2. The summed E-state index contributed by atoms with van der Waals surface area (Å²) in [6.07, 6.45) is 0.505. The van der Waals surface area contributed by atoms with E-state index in [0.29, 0.717) is 5.92 Å². The van der Waals surface area contributed by atoms with E-state index in [0.717, 1.165) is 36.4 Å². The molecule has 0 saturated carbocycles. The monoisotopic (exact) mass is 290 g/mol. The first-order chi connectivity index (χ1) is 9.97. The van der Waals surface area contributed by atoms with Crippen molar-refractivity contribution in [3.63, 3.8) is 0 Å². The van der Waals surface area contributed by atoms with Gasteiger partial charge in [-0.15, -0.1) is 0 Å². The fraction of sp³-hybridized carbons (Fsp3) is 0.588. The summed E-state index contributed by atoms with van der Waals surface area (Å²) < 4.78 is 5.93. The molecule has 0 aromatic heterocycles. The van der Waals surface area contributed by atoms with Crippen LogP contribution in [0.1, 0.15) is 44.2 Å². The third kappa shape index (κ3) is 4.21. The van der Waals surface area contributed by atoms with E-state index in [9.17, 15) is 4.79 Å². The first-order valence-electron chi connectivity index (χ1n) is 7.75. The fourth-order valence-electron chi connectivity index (χ4n) is 2.56. The Kier molecular flexibility index (Phi) is 5.23. The Morgan fingerprint density at radius 3 is 2.76 bits per heavy atom. The second-order valence-electron chi connectivity index (χ2n) is 6.15. The molecule has 1 heterocycles. The molecule has 1 aliphatic heterocycles. The van der Waals surface area contributed by atoms with Crippen LogP contribution >= 0.6 is 0 Å². The quantitative estimate of drug-likeness (QED) is 0.875. The van der Waals surface area contributed by atoms with E-state index >= 15 is 0 Å². The Bertz CT molecular complexity index is 494. The zero-order valence-electron chi connectivity index (χ0n) is 13.4. The van der Waals surface area contributed by atoms with Gasteiger partial charge in [-0.25, -0.2) is 0 Å². The van der Waals surface area contributed by atoms with Gasteiger partial charge in [-0.05, 0) is 49.9 Å². The maximum absolute atomic E-state index is 12.2.